The summed E-state index contributed by atoms with van der Waals surface area (Å²) in [4.78, 5) is 34.4. The van der Waals surface area contributed by atoms with E-state index >= 15 is 0 Å². The van der Waals surface area contributed by atoms with Crippen LogP contribution in [0.4, 0.5) is 0 Å². The summed E-state index contributed by atoms with van der Waals surface area (Å²) in [6.45, 7) is 0. The lowest BCUT2D eigenvalue weighted by Crippen LogP contribution is -2.47. The first-order valence-corrected chi connectivity index (χ1v) is 12.4. The third-order valence-corrected chi connectivity index (χ3v) is 6.08. The highest BCUT2D eigenvalue weighted by molar-refractivity contribution is 5.82. The number of hydrogen-bond acceptors (Lipinski definition) is 9. The maximum Gasteiger partial charge on any atom is 0.337 e. The Morgan fingerprint density at radius 3 is 1.56 bits per heavy atom. The Morgan fingerprint density at radius 1 is 0.692 bits per heavy atom. The number of ether oxygens (including phenoxy) is 2. The molecule has 9 nitrogen and oxygen atoms in total. The van der Waals surface area contributed by atoms with E-state index in [0.29, 0.717) is 22.5 Å². The van der Waals surface area contributed by atoms with E-state index in [1.165, 1.54) is 0 Å². The Labute approximate surface area is 226 Å². The summed E-state index contributed by atoms with van der Waals surface area (Å²) < 4.78 is 11.2. The number of esters is 2. The molecule has 200 valence electrons. The normalized spacial score (nSPS) is 14.8. The molecule has 0 aliphatic rings. The number of aliphatic hydroxyl groups excluding tert-OH is 1. The quantitative estimate of drug-likeness (QED) is 0.198. The smallest absolute Gasteiger partial charge is 0.337 e. The predicted molar refractivity (Wildman–Crippen MR) is 143 cm³/mol. The number of benzene rings is 2. The van der Waals surface area contributed by atoms with Crippen LogP contribution in [-0.4, -0.2) is 33.1 Å². The van der Waals surface area contributed by atoms with E-state index in [-0.39, 0.29) is 12.8 Å². The Balaban J connectivity index is 1.48. The Hall–Kier alpha value is -4.44. The van der Waals surface area contributed by atoms with E-state index in [0.717, 1.165) is 0 Å². The Morgan fingerprint density at radius 2 is 1.13 bits per heavy atom. The monoisotopic (exact) mass is 526 g/mol. The average molecular weight is 527 g/mol. The van der Waals surface area contributed by atoms with Gasteiger partial charge in [0, 0.05) is 47.8 Å². The summed E-state index contributed by atoms with van der Waals surface area (Å²) in [6.07, 6.45) is 0.798. The largest absolute Gasteiger partial charge is 0.439 e. The van der Waals surface area contributed by atoms with Crippen LogP contribution in [0.15, 0.2) is 109 Å². The van der Waals surface area contributed by atoms with Crippen molar-refractivity contribution in [3.8, 4) is 0 Å². The van der Waals surface area contributed by atoms with Crippen molar-refractivity contribution in [1.29, 1.82) is 0 Å². The van der Waals surface area contributed by atoms with Gasteiger partial charge in [-0.1, -0.05) is 72.8 Å². The molecule has 0 saturated heterocycles. The van der Waals surface area contributed by atoms with E-state index < -0.39 is 35.9 Å². The van der Waals surface area contributed by atoms with Gasteiger partial charge < -0.3 is 14.6 Å². The zero-order chi connectivity index (χ0) is 27.7. The van der Waals surface area contributed by atoms with Gasteiger partial charge in [-0.2, -0.15) is 0 Å². The summed E-state index contributed by atoms with van der Waals surface area (Å²) >= 11 is 0. The lowest BCUT2D eigenvalue weighted by Gasteiger charge is -2.31. The maximum atomic E-state index is 13.0. The Kier molecular flexibility index (Phi) is 8.77. The summed E-state index contributed by atoms with van der Waals surface area (Å²) in [5.74, 6) is -1.98. The number of aliphatic hydroxyl groups is 1. The molecule has 0 aliphatic carbocycles. The van der Waals surface area contributed by atoms with Crippen LogP contribution in [0.3, 0.4) is 0 Å². The summed E-state index contributed by atoms with van der Waals surface area (Å²) in [5, 5.41) is 10.6. The predicted octanol–water partition coefficient (Wildman–Crippen LogP) is 2.72. The number of rotatable bonds is 11. The lowest BCUT2D eigenvalue weighted by atomic mass is 9.97. The first-order valence-electron chi connectivity index (χ1n) is 12.4. The number of carbonyl (C=O) groups is 2. The first kappa shape index (κ1) is 27.6. The second-order valence-corrected chi connectivity index (χ2v) is 9.12. The summed E-state index contributed by atoms with van der Waals surface area (Å²) in [7, 11) is 0. The molecule has 1 unspecified atom stereocenters. The summed E-state index contributed by atoms with van der Waals surface area (Å²) in [5.41, 5.74) is 12.1. The van der Waals surface area contributed by atoms with Crippen LogP contribution in [-0.2, 0) is 43.4 Å². The molecule has 2 heterocycles. The van der Waals surface area contributed by atoms with Gasteiger partial charge in [0.15, 0.2) is 17.6 Å². The molecular weight excluding hydrogens is 496 g/mol. The first-order chi connectivity index (χ1) is 18.8. The number of carbonyl (C=O) groups excluding carboxylic acids is 2. The molecule has 0 spiro atoms. The number of aromatic nitrogens is 2. The molecule has 5 N–H and O–H groups in total. The van der Waals surface area contributed by atoms with Gasteiger partial charge in [0.2, 0.25) is 0 Å². The van der Waals surface area contributed by atoms with Crippen molar-refractivity contribution < 1.29 is 24.2 Å². The van der Waals surface area contributed by atoms with Crippen LogP contribution in [0, 0.1) is 0 Å². The molecule has 2 aromatic carbocycles. The van der Waals surface area contributed by atoms with Crippen molar-refractivity contribution in [2.45, 2.75) is 36.8 Å². The second kappa shape index (κ2) is 12.4. The third kappa shape index (κ3) is 7.32. The molecule has 0 saturated carbocycles. The van der Waals surface area contributed by atoms with Crippen LogP contribution >= 0.6 is 0 Å². The minimum absolute atomic E-state index is 0.0464. The maximum absolute atomic E-state index is 13.0. The van der Waals surface area contributed by atoms with Gasteiger partial charge in [0.05, 0.1) is 6.42 Å². The van der Waals surface area contributed by atoms with Crippen molar-refractivity contribution in [2.24, 2.45) is 11.5 Å². The molecule has 0 aliphatic heterocycles. The molecule has 0 radical (unpaired) electrons. The van der Waals surface area contributed by atoms with Crippen LogP contribution in [0.5, 0.6) is 0 Å². The van der Waals surface area contributed by atoms with Crippen LogP contribution in [0.25, 0.3) is 0 Å². The van der Waals surface area contributed by atoms with Crippen molar-refractivity contribution in [2.75, 3.05) is 0 Å². The molecule has 9 heteroatoms. The second-order valence-electron chi connectivity index (χ2n) is 9.12. The van der Waals surface area contributed by atoms with Crippen molar-refractivity contribution >= 4 is 11.9 Å². The molecule has 39 heavy (non-hydrogen) atoms. The summed E-state index contributed by atoms with van der Waals surface area (Å²) in [6, 6.07) is 28.1. The molecule has 0 fully saturated rings. The molecule has 4 aromatic rings. The van der Waals surface area contributed by atoms with Gasteiger partial charge in [0.25, 0.3) is 0 Å². The van der Waals surface area contributed by atoms with E-state index in [4.69, 9.17) is 20.9 Å². The van der Waals surface area contributed by atoms with E-state index in [1.54, 1.807) is 103 Å². The number of nitrogens with two attached hydrogens (primary N) is 2. The zero-order valence-corrected chi connectivity index (χ0v) is 21.2. The number of pyridine rings is 2. The van der Waals surface area contributed by atoms with Crippen molar-refractivity contribution in [3.63, 3.8) is 0 Å². The van der Waals surface area contributed by atoms with Gasteiger partial charge in [-0.15, -0.1) is 0 Å². The third-order valence-electron chi connectivity index (χ3n) is 6.08. The molecule has 0 bridgehead atoms. The van der Waals surface area contributed by atoms with Crippen molar-refractivity contribution in [3.05, 3.63) is 132 Å². The minimum atomic E-state index is -1.84. The van der Waals surface area contributed by atoms with Gasteiger partial charge in [-0.25, -0.2) is 4.79 Å². The standard InChI is InChI=1S/C30H30N4O5/c31-29(22-11-3-1-4-12-22,20-24-15-7-9-17-33-24)38-27(36)19-26(35)28(37)39-30(32,23-13-5-2-6-14-23)21-25-16-8-10-18-34-25/h1-18,26,35H,19-21,31-32H2/t26?,29-,30-/m0/s1. The topological polar surface area (TPSA) is 151 Å². The van der Waals surface area contributed by atoms with Crippen LogP contribution < -0.4 is 11.5 Å². The van der Waals surface area contributed by atoms with Gasteiger partial charge >= 0.3 is 11.9 Å². The zero-order valence-electron chi connectivity index (χ0n) is 21.2. The highest BCUT2D eigenvalue weighted by Gasteiger charge is 2.38. The van der Waals surface area contributed by atoms with Gasteiger partial charge in [0.1, 0.15) is 0 Å². The van der Waals surface area contributed by atoms with Crippen LogP contribution in [0.1, 0.15) is 28.9 Å². The molecule has 4 rings (SSSR count). The number of hydrogen-bond donors (Lipinski definition) is 3. The molecule has 2 aromatic heterocycles. The van der Waals surface area contributed by atoms with Gasteiger partial charge in [-0.3, -0.25) is 26.2 Å². The Bertz CT molecular complexity index is 1360. The fourth-order valence-corrected chi connectivity index (χ4v) is 4.11. The average Bonchev–Trinajstić information content (AvgIpc) is 2.95. The highest BCUT2D eigenvalue weighted by Crippen LogP contribution is 2.27. The van der Waals surface area contributed by atoms with Crippen LogP contribution in [0.2, 0.25) is 0 Å². The van der Waals surface area contributed by atoms with Gasteiger partial charge in [-0.05, 0) is 24.3 Å². The van der Waals surface area contributed by atoms with Crippen molar-refractivity contribution in [1.82, 2.24) is 9.97 Å². The molecule has 0 amide bonds. The molecule has 3 atom stereocenters. The minimum Gasteiger partial charge on any atom is -0.439 e. The fourth-order valence-electron chi connectivity index (χ4n) is 4.11. The fraction of sp³-hybridized carbons (Fsp3) is 0.200. The SMILES string of the molecule is N[C@@](Cc1ccccn1)(OC(=O)CC(O)C(=O)O[C@@](N)(Cc1ccccn1)c1ccccc1)c1ccccc1. The molecular formula is C30H30N4O5. The van der Waals surface area contributed by atoms with E-state index in [2.05, 4.69) is 9.97 Å². The number of nitrogens with zero attached hydrogens (tertiary/aromatic N) is 2. The highest BCUT2D eigenvalue weighted by atomic mass is 16.6. The lowest BCUT2D eigenvalue weighted by molar-refractivity contribution is -0.178. The van der Waals surface area contributed by atoms with E-state index in [9.17, 15) is 14.7 Å². The van der Waals surface area contributed by atoms with E-state index in [1.807, 2.05) is 6.07 Å².